The Bertz CT molecular complexity index is 774. The van der Waals surface area contributed by atoms with Crippen molar-refractivity contribution in [3.63, 3.8) is 0 Å². The summed E-state index contributed by atoms with van der Waals surface area (Å²) < 4.78 is 5.24. The summed E-state index contributed by atoms with van der Waals surface area (Å²) in [4.78, 5) is 9.49. The monoisotopic (exact) mass is 1900 g/mol. The standard InChI is InChI=1S/2C9H23N3.8C4H9.3K.8Sb.8H/c2*1-10(2)6-8-12(5)9-7-11(3)4;8*1-4(2)3;;;;;;;;;;;;;;;;;;;/h2*6-9H2,1-5H3;8*1-3H3;;;;;;;;;;;;;;;;;;;/q;;;;;;;;;;;2*+1;;;;;;;;;;;;;;;;/p+6. The molecule has 0 amide bonds. The normalized spacial score (nSPS) is 11.8. The summed E-state index contributed by atoms with van der Waals surface area (Å²) in [5.74, 6) is 0. The van der Waals surface area contributed by atoms with E-state index in [0.717, 1.165) is 0 Å². The molecule has 0 aliphatic heterocycles. The van der Waals surface area contributed by atoms with Crippen molar-refractivity contribution < 1.29 is 132 Å². The largest absolute Gasteiger partial charge is 0 e. The number of rotatable bonds is 12. The molecule has 0 atom stereocenters. The SMILES string of the molecule is C[C](C)(C)[SbH][C](C)(C)C.C[C](C)(C)[SbH][C](C)(C)C.C[C](C)(C)[SbH][C](C)(C)C.C[C](C)(C)[SbH][C](C)(C)C.C[NH+](C)CC[NH+](C)CC[NH+](C)C.C[NH+](C)CC[NH+](C)CC[NH+](C)C.[K+].[K+].[K].[SbH2].[SbH2].[Sb].[Sb]. The summed E-state index contributed by atoms with van der Waals surface area (Å²) in [5, 5.41) is 0. The maximum atomic E-state index is 2.37. The van der Waals surface area contributed by atoms with Crippen LogP contribution >= 0.6 is 0 Å². The Morgan fingerprint density at radius 3 is 0.373 bits per heavy atom. The van der Waals surface area contributed by atoms with Gasteiger partial charge in [0.15, 0.2) is 0 Å². The second-order valence-electron chi connectivity index (χ2n) is 27.2. The average molecular weight is 1910 g/mol. The van der Waals surface area contributed by atoms with E-state index >= 15 is 0 Å². The summed E-state index contributed by atoms with van der Waals surface area (Å²) >= 11 is -0.727. The predicted octanol–water partition coefficient (Wildman–Crippen LogP) is -5.95. The Morgan fingerprint density at radius 1 is 0.239 bits per heavy atom. The van der Waals surface area contributed by atoms with Crippen molar-refractivity contribution in [2.45, 2.75) is 193 Å². The zero-order chi connectivity index (χ0) is 49.9. The van der Waals surface area contributed by atoms with Gasteiger partial charge in [-0.05, 0) is 0 Å². The van der Waals surface area contributed by atoms with Crippen molar-refractivity contribution >= 4 is 236 Å². The molecule has 6 nitrogen and oxygen atoms in total. The fourth-order valence-corrected chi connectivity index (χ4v) is 32.3. The zero-order valence-electron chi connectivity index (χ0n) is 53.7. The molecule has 0 spiro atoms. The molecule has 0 heterocycles. The van der Waals surface area contributed by atoms with Crippen LogP contribution in [0.3, 0.4) is 0 Å². The van der Waals surface area contributed by atoms with E-state index in [4.69, 9.17) is 0 Å². The van der Waals surface area contributed by atoms with E-state index in [1.54, 1.807) is 29.4 Å². The van der Waals surface area contributed by atoms with Gasteiger partial charge in [0, 0.05) is 100 Å². The van der Waals surface area contributed by atoms with Gasteiger partial charge in [0.25, 0.3) is 0 Å². The molecule has 6 N–H and O–H groups in total. The Balaban J connectivity index is -0.0000000467. The van der Waals surface area contributed by atoms with Gasteiger partial charge in [-0.3, -0.25) is 0 Å². The second-order valence-corrected chi connectivity index (χ2v) is 64.3. The van der Waals surface area contributed by atoms with Gasteiger partial charge in [0.05, 0.1) is 70.5 Å². The third-order valence-electron chi connectivity index (χ3n) is 7.21. The first-order chi connectivity index (χ1) is 25.9. The average Bonchev–Trinajstić information content (AvgIpc) is 2.86. The first-order valence-electron chi connectivity index (χ1n) is 23.8. The van der Waals surface area contributed by atoms with Gasteiger partial charge in [-0.25, -0.2) is 0 Å². The van der Waals surface area contributed by atoms with Gasteiger partial charge >= 0.3 is 431 Å². The van der Waals surface area contributed by atoms with E-state index in [2.05, 4.69) is 237 Å². The van der Waals surface area contributed by atoms with Gasteiger partial charge in [-0.2, -0.15) is 0 Å². The molecule has 67 heavy (non-hydrogen) atoms. The topological polar surface area (TPSA) is 26.6 Å². The molecule has 0 saturated carbocycles. The first kappa shape index (κ1) is 110. The van der Waals surface area contributed by atoms with Crippen LogP contribution in [0.15, 0.2) is 0 Å². The Kier molecular flexibility index (Phi) is 92.2. The number of quaternary nitrogens is 6. The van der Waals surface area contributed by atoms with Crippen LogP contribution in [0.4, 0.5) is 0 Å². The maximum Gasteiger partial charge on any atom is 0 e. The predicted molar refractivity (Wildman–Crippen MR) is 325 cm³/mol. The molecule has 0 bridgehead atoms. The Hall–Kier alpha value is 11.2. The van der Waals surface area contributed by atoms with Crippen molar-refractivity contribution in [3.05, 3.63) is 0 Å². The molecule has 0 aliphatic carbocycles. The quantitative estimate of drug-likeness (QED) is 0.105. The van der Waals surface area contributed by atoms with Crippen molar-refractivity contribution in [2.75, 3.05) is 123 Å². The molecule has 17 heteroatoms. The molecule has 397 valence electrons. The molecule has 0 aromatic rings. The van der Waals surface area contributed by atoms with Crippen LogP contribution in [-0.4, -0.2) is 358 Å². The second kappa shape index (κ2) is 56.4. The molecular formula is C50H132K3N6Sb8+8. The van der Waals surface area contributed by atoms with Crippen LogP contribution in [0, 0.1) is 0 Å². The third kappa shape index (κ3) is 143. The maximum absolute atomic E-state index is 2.37. The molecule has 0 saturated heterocycles. The first-order valence-corrected chi connectivity index (χ1v) is 35.2. The van der Waals surface area contributed by atoms with E-state index in [9.17, 15) is 0 Å². The summed E-state index contributed by atoms with van der Waals surface area (Å²) in [7, 11) is 22.3. The van der Waals surface area contributed by atoms with Gasteiger partial charge in [0.2, 0.25) is 0 Å². The van der Waals surface area contributed by atoms with Crippen molar-refractivity contribution in [1.29, 1.82) is 0 Å². The fourth-order valence-electron chi connectivity index (χ4n) is 6.60. The molecule has 0 aromatic heterocycles. The van der Waals surface area contributed by atoms with Crippen LogP contribution in [-0.2, 0) is 0 Å². The summed E-state index contributed by atoms with van der Waals surface area (Å²) in [6.07, 6.45) is 0. The minimum absolute atomic E-state index is 0. The van der Waals surface area contributed by atoms with Crippen LogP contribution in [0.25, 0.3) is 0 Å². The molecule has 0 aromatic carbocycles. The molecule has 0 aliphatic rings. The van der Waals surface area contributed by atoms with Crippen molar-refractivity contribution in [3.8, 4) is 0 Å². The van der Waals surface area contributed by atoms with Crippen molar-refractivity contribution in [1.82, 2.24) is 0 Å². The number of nitrogens with one attached hydrogen (secondary N) is 6. The van der Waals surface area contributed by atoms with Crippen LogP contribution in [0.2, 0.25) is 26.9 Å². The van der Waals surface area contributed by atoms with E-state index in [1.165, 1.54) is 52.4 Å². The van der Waals surface area contributed by atoms with E-state index in [0.29, 0.717) is 26.9 Å². The molecular weight excluding hydrogens is 1780 g/mol. The minimum atomic E-state index is -0.182. The third-order valence-corrected chi connectivity index (χ3v) is 24.3. The number of likely N-dealkylation sites (N-methyl/N-ethyl adjacent to an activating group) is 6. The van der Waals surface area contributed by atoms with Crippen molar-refractivity contribution in [2.24, 2.45) is 0 Å². The van der Waals surface area contributed by atoms with E-state index in [1.807, 2.05) is 0 Å². The molecule has 0 rings (SSSR count). The van der Waals surface area contributed by atoms with Crippen LogP contribution < -0.4 is 132 Å². The van der Waals surface area contributed by atoms with E-state index < -0.39 is 0 Å². The number of hydrogen-bond donors (Lipinski definition) is 6. The Morgan fingerprint density at radius 2 is 0.328 bits per heavy atom. The van der Waals surface area contributed by atoms with Gasteiger partial charge in [0.1, 0.15) is 52.4 Å². The van der Waals surface area contributed by atoms with Crippen LogP contribution in [0.5, 0.6) is 0 Å². The van der Waals surface area contributed by atoms with Gasteiger partial charge in [-0.15, -0.1) is 0 Å². The Labute approximate surface area is 668 Å². The number of hydrogen-bond acceptors (Lipinski definition) is 0. The smallest absolute Gasteiger partial charge is 0 e. The molecule has 9 radical (unpaired) electrons. The molecule has 0 fully saturated rings. The van der Waals surface area contributed by atoms with Gasteiger partial charge in [-0.1, -0.05) is 0 Å². The minimum Gasteiger partial charge on any atom is 0 e. The van der Waals surface area contributed by atoms with Crippen LogP contribution in [0.1, 0.15) is 166 Å². The molecule has 0 unspecified atom stereocenters. The van der Waals surface area contributed by atoms with E-state index in [-0.39, 0.29) is 338 Å². The summed E-state index contributed by atoms with van der Waals surface area (Å²) in [5.41, 5.74) is 0. The zero-order valence-corrected chi connectivity index (χ0v) is 86.2. The summed E-state index contributed by atoms with van der Waals surface area (Å²) in [6.45, 7) is 67.0. The van der Waals surface area contributed by atoms with Gasteiger partial charge < -0.3 is 29.4 Å². The summed E-state index contributed by atoms with van der Waals surface area (Å²) in [6, 6.07) is 0. The fraction of sp³-hybridized carbons (Fsp3) is 1.00.